The quantitative estimate of drug-likeness (QED) is 0.835. The predicted octanol–water partition coefficient (Wildman–Crippen LogP) is 2.07. The number of benzene rings is 1. The van der Waals surface area contributed by atoms with Crippen molar-refractivity contribution in [3.05, 3.63) is 35.9 Å². The molecule has 0 spiro atoms. The molecule has 3 heteroatoms. The molecule has 1 fully saturated rings. The highest BCUT2D eigenvalue weighted by Gasteiger charge is 2.32. The molecule has 0 aromatic heterocycles. The van der Waals surface area contributed by atoms with Crippen molar-refractivity contribution in [3.8, 4) is 0 Å². The number of likely N-dealkylation sites (N-methyl/N-ethyl adjacent to an activating group) is 1. The number of nitrogens with one attached hydrogen (secondary N) is 1. The van der Waals surface area contributed by atoms with E-state index in [1.165, 1.54) is 18.7 Å². The van der Waals surface area contributed by atoms with Gasteiger partial charge >= 0.3 is 0 Å². The van der Waals surface area contributed by atoms with E-state index in [4.69, 9.17) is 0 Å². The van der Waals surface area contributed by atoms with Gasteiger partial charge in [-0.2, -0.15) is 0 Å². The average Bonchev–Trinajstić information content (AvgIpc) is 2.81. The van der Waals surface area contributed by atoms with Crippen LogP contribution in [-0.2, 0) is 5.54 Å². The predicted molar refractivity (Wildman–Crippen MR) is 83.7 cm³/mol. The number of hydrogen-bond donors (Lipinski definition) is 2. The van der Waals surface area contributed by atoms with Crippen LogP contribution in [0.2, 0.25) is 0 Å². The van der Waals surface area contributed by atoms with E-state index in [9.17, 15) is 5.11 Å². The first kappa shape index (κ1) is 15.5. The maximum absolute atomic E-state index is 9.93. The van der Waals surface area contributed by atoms with Crippen LogP contribution in [-0.4, -0.2) is 43.3 Å². The van der Waals surface area contributed by atoms with Gasteiger partial charge in [-0.1, -0.05) is 44.2 Å². The summed E-state index contributed by atoms with van der Waals surface area (Å²) in [6.07, 6.45) is 0.934. The van der Waals surface area contributed by atoms with Gasteiger partial charge in [0.05, 0.1) is 12.1 Å². The Balaban J connectivity index is 2.03. The molecule has 2 rings (SSSR count). The molecule has 1 aromatic rings. The summed E-state index contributed by atoms with van der Waals surface area (Å²) in [7, 11) is 1.94. The molecule has 3 atom stereocenters. The molecule has 112 valence electrons. The number of nitrogens with zero attached hydrogens (tertiary/aromatic N) is 1. The lowest BCUT2D eigenvalue weighted by molar-refractivity contribution is 0.143. The monoisotopic (exact) mass is 276 g/mol. The summed E-state index contributed by atoms with van der Waals surface area (Å²) in [5, 5.41) is 13.3. The van der Waals surface area contributed by atoms with Gasteiger partial charge in [-0.3, -0.25) is 0 Å². The van der Waals surface area contributed by atoms with Crippen LogP contribution in [0.3, 0.4) is 0 Å². The Bertz CT molecular complexity index is 393. The Hall–Kier alpha value is -0.900. The van der Waals surface area contributed by atoms with Crippen LogP contribution in [0.25, 0.3) is 0 Å². The fraction of sp³-hybridized carbons (Fsp3) is 0.647. The lowest BCUT2D eigenvalue weighted by Gasteiger charge is -2.34. The molecule has 20 heavy (non-hydrogen) atoms. The van der Waals surface area contributed by atoms with Gasteiger partial charge in [-0.05, 0) is 30.9 Å². The summed E-state index contributed by atoms with van der Waals surface area (Å²) in [4.78, 5) is 2.53. The zero-order valence-corrected chi connectivity index (χ0v) is 13.0. The van der Waals surface area contributed by atoms with Crippen LogP contribution in [0.1, 0.15) is 25.8 Å². The first-order valence-corrected chi connectivity index (χ1v) is 7.69. The van der Waals surface area contributed by atoms with E-state index in [2.05, 4.69) is 36.2 Å². The van der Waals surface area contributed by atoms with Crippen molar-refractivity contribution in [1.82, 2.24) is 10.2 Å². The van der Waals surface area contributed by atoms with Gasteiger partial charge in [-0.15, -0.1) is 0 Å². The molecule has 1 aliphatic rings. The summed E-state index contributed by atoms with van der Waals surface area (Å²) >= 11 is 0. The van der Waals surface area contributed by atoms with Gasteiger partial charge in [0.15, 0.2) is 0 Å². The molecule has 2 N–H and O–H groups in total. The highest BCUT2D eigenvalue weighted by molar-refractivity contribution is 5.24. The highest BCUT2D eigenvalue weighted by atomic mass is 16.3. The standard InChI is InChI=1S/C17H28N2O/c1-14-11-19(12-15(14)2)10-9-17(13-20,18-3)16-7-5-4-6-8-16/h4-8,14-15,18,20H,9-13H2,1-3H3. The number of likely N-dealkylation sites (tertiary alicyclic amines) is 1. The van der Waals surface area contributed by atoms with E-state index in [1.54, 1.807) is 0 Å². The molecule has 0 radical (unpaired) electrons. The first-order valence-electron chi connectivity index (χ1n) is 7.69. The second-order valence-electron chi connectivity index (χ2n) is 6.32. The minimum Gasteiger partial charge on any atom is -0.394 e. The zero-order chi connectivity index (χ0) is 14.6. The van der Waals surface area contributed by atoms with E-state index in [-0.39, 0.29) is 12.1 Å². The molecule has 1 heterocycles. The molecular formula is C17H28N2O. The third-order valence-electron chi connectivity index (χ3n) is 4.99. The van der Waals surface area contributed by atoms with Crippen molar-refractivity contribution in [2.75, 3.05) is 33.3 Å². The van der Waals surface area contributed by atoms with Crippen LogP contribution in [0, 0.1) is 11.8 Å². The molecular weight excluding hydrogens is 248 g/mol. The maximum atomic E-state index is 9.93. The Morgan fingerprint density at radius 3 is 2.30 bits per heavy atom. The van der Waals surface area contributed by atoms with Crippen molar-refractivity contribution in [1.29, 1.82) is 0 Å². The van der Waals surface area contributed by atoms with Crippen LogP contribution in [0.4, 0.5) is 0 Å². The van der Waals surface area contributed by atoms with Gasteiger partial charge in [0.2, 0.25) is 0 Å². The van der Waals surface area contributed by atoms with Gasteiger partial charge in [0.25, 0.3) is 0 Å². The van der Waals surface area contributed by atoms with Gasteiger partial charge < -0.3 is 15.3 Å². The van der Waals surface area contributed by atoms with Crippen LogP contribution in [0.5, 0.6) is 0 Å². The van der Waals surface area contributed by atoms with Gasteiger partial charge in [-0.25, -0.2) is 0 Å². The summed E-state index contributed by atoms with van der Waals surface area (Å²) in [6, 6.07) is 10.3. The third kappa shape index (κ3) is 3.22. The molecule has 0 aliphatic carbocycles. The van der Waals surface area contributed by atoms with E-state index in [0.29, 0.717) is 0 Å². The second kappa shape index (κ2) is 6.70. The Labute approximate surface area is 123 Å². The molecule has 1 aromatic carbocycles. The largest absolute Gasteiger partial charge is 0.394 e. The van der Waals surface area contributed by atoms with Crippen molar-refractivity contribution in [2.24, 2.45) is 11.8 Å². The molecule has 3 unspecified atom stereocenters. The Morgan fingerprint density at radius 2 is 1.80 bits per heavy atom. The smallest absolute Gasteiger partial charge is 0.0678 e. The van der Waals surface area contributed by atoms with E-state index >= 15 is 0 Å². The normalized spacial score (nSPS) is 26.6. The number of rotatable bonds is 6. The summed E-state index contributed by atoms with van der Waals surface area (Å²) < 4.78 is 0. The van der Waals surface area contributed by atoms with E-state index in [0.717, 1.165) is 24.8 Å². The maximum Gasteiger partial charge on any atom is 0.0678 e. The van der Waals surface area contributed by atoms with Crippen molar-refractivity contribution >= 4 is 0 Å². The van der Waals surface area contributed by atoms with E-state index in [1.807, 2.05) is 25.2 Å². The minimum atomic E-state index is -0.323. The van der Waals surface area contributed by atoms with Crippen LogP contribution >= 0.6 is 0 Å². The molecule has 0 bridgehead atoms. The first-order chi connectivity index (χ1) is 9.61. The second-order valence-corrected chi connectivity index (χ2v) is 6.32. The number of hydrogen-bond acceptors (Lipinski definition) is 3. The molecule has 0 amide bonds. The molecule has 1 saturated heterocycles. The SMILES string of the molecule is CNC(CO)(CCN1CC(C)C(C)C1)c1ccccc1. The number of aliphatic hydroxyl groups is 1. The highest BCUT2D eigenvalue weighted by Crippen LogP contribution is 2.27. The Morgan fingerprint density at radius 1 is 1.20 bits per heavy atom. The topological polar surface area (TPSA) is 35.5 Å². The summed E-state index contributed by atoms with van der Waals surface area (Å²) in [5.41, 5.74) is 0.848. The van der Waals surface area contributed by atoms with E-state index < -0.39 is 0 Å². The molecule has 1 aliphatic heterocycles. The fourth-order valence-electron chi connectivity index (χ4n) is 3.20. The lowest BCUT2D eigenvalue weighted by atomic mass is 9.87. The minimum absolute atomic E-state index is 0.131. The molecule has 0 saturated carbocycles. The van der Waals surface area contributed by atoms with Gasteiger partial charge in [0.1, 0.15) is 0 Å². The van der Waals surface area contributed by atoms with Crippen LogP contribution in [0.15, 0.2) is 30.3 Å². The lowest BCUT2D eigenvalue weighted by Crippen LogP contribution is -2.46. The number of aliphatic hydroxyl groups excluding tert-OH is 1. The molecule has 3 nitrogen and oxygen atoms in total. The van der Waals surface area contributed by atoms with Crippen molar-refractivity contribution in [3.63, 3.8) is 0 Å². The average molecular weight is 276 g/mol. The fourth-order valence-corrected chi connectivity index (χ4v) is 3.20. The third-order valence-corrected chi connectivity index (χ3v) is 4.99. The van der Waals surface area contributed by atoms with Crippen molar-refractivity contribution in [2.45, 2.75) is 25.8 Å². The van der Waals surface area contributed by atoms with Gasteiger partial charge in [0, 0.05) is 19.6 Å². The summed E-state index contributed by atoms with van der Waals surface area (Å²) in [5.74, 6) is 1.56. The Kier molecular flexibility index (Phi) is 5.19. The zero-order valence-electron chi connectivity index (χ0n) is 13.0. The van der Waals surface area contributed by atoms with Crippen LogP contribution < -0.4 is 5.32 Å². The summed E-state index contributed by atoms with van der Waals surface area (Å²) in [6.45, 7) is 8.19. The van der Waals surface area contributed by atoms with Crippen molar-refractivity contribution < 1.29 is 5.11 Å².